The van der Waals surface area contributed by atoms with Crippen LogP contribution in [0.15, 0.2) is 33.9 Å². The van der Waals surface area contributed by atoms with Crippen molar-refractivity contribution in [2.75, 3.05) is 0 Å². The van der Waals surface area contributed by atoms with Crippen LogP contribution < -0.4 is 10.0 Å². The quantitative estimate of drug-likeness (QED) is 0.800. The van der Waals surface area contributed by atoms with Gasteiger partial charge in [0, 0.05) is 18.9 Å². The molecule has 0 fully saturated rings. The Morgan fingerprint density at radius 1 is 1.39 bits per heavy atom. The lowest BCUT2D eigenvalue weighted by Crippen LogP contribution is -2.44. The second kappa shape index (κ2) is 6.88. The fourth-order valence-corrected chi connectivity index (χ4v) is 3.58. The molecule has 8 nitrogen and oxygen atoms in total. The highest BCUT2D eigenvalue weighted by Gasteiger charge is 2.27. The highest BCUT2D eigenvalue weighted by molar-refractivity contribution is 7.89. The summed E-state index contributed by atoms with van der Waals surface area (Å²) in [5.74, 6) is -0.262. The highest BCUT2D eigenvalue weighted by atomic mass is 32.2. The van der Waals surface area contributed by atoms with Gasteiger partial charge in [-0.2, -0.15) is 4.72 Å². The molecule has 0 aromatic carbocycles. The van der Waals surface area contributed by atoms with Crippen molar-refractivity contribution in [3.63, 3.8) is 0 Å². The zero-order valence-electron chi connectivity index (χ0n) is 13.0. The minimum atomic E-state index is -3.88. The predicted molar refractivity (Wildman–Crippen MR) is 81.8 cm³/mol. The minimum absolute atomic E-state index is 0.0376. The summed E-state index contributed by atoms with van der Waals surface area (Å²) in [4.78, 5) is 15.9. The van der Waals surface area contributed by atoms with E-state index >= 15 is 0 Å². The number of carbonyl (C=O) groups is 1. The first-order valence-corrected chi connectivity index (χ1v) is 8.41. The van der Waals surface area contributed by atoms with Crippen LogP contribution in [0.3, 0.4) is 0 Å². The number of aromatic nitrogens is 2. The van der Waals surface area contributed by atoms with Crippen molar-refractivity contribution in [1.82, 2.24) is 20.2 Å². The Bertz CT molecular complexity index is 767. The van der Waals surface area contributed by atoms with Gasteiger partial charge in [-0.3, -0.25) is 9.78 Å². The molecule has 0 radical (unpaired) electrons. The Kier molecular flexibility index (Phi) is 5.12. The molecule has 2 rings (SSSR count). The summed E-state index contributed by atoms with van der Waals surface area (Å²) in [5.41, 5.74) is 1.07. The summed E-state index contributed by atoms with van der Waals surface area (Å²) in [6.07, 6.45) is 3.25. The van der Waals surface area contributed by atoms with E-state index < -0.39 is 22.0 Å². The molecule has 124 valence electrons. The van der Waals surface area contributed by atoms with Gasteiger partial charge in [-0.15, -0.1) is 0 Å². The molecule has 2 N–H and O–H groups in total. The number of rotatable bonds is 6. The zero-order chi connectivity index (χ0) is 17.0. The maximum Gasteiger partial charge on any atom is 0.246 e. The van der Waals surface area contributed by atoms with Gasteiger partial charge in [-0.1, -0.05) is 11.2 Å². The van der Waals surface area contributed by atoms with E-state index in [1.54, 1.807) is 18.5 Å². The van der Waals surface area contributed by atoms with Crippen LogP contribution in [0.4, 0.5) is 0 Å². The number of carbonyl (C=O) groups excluding carboxylic acids is 1. The first kappa shape index (κ1) is 17.1. The summed E-state index contributed by atoms with van der Waals surface area (Å²) in [6, 6.07) is 2.63. The van der Waals surface area contributed by atoms with Gasteiger partial charge in [0.2, 0.25) is 15.9 Å². The normalized spacial score (nSPS) is 12.8. The molecular weight excluding hydrogens is 320 g/mol. The van der Waals surface area contributed by atoms with E-state index in [2.05, 4.69) is 20.2 Å². The van der Waals surface area contributed by atoms with Crippen molar-refractivity contribution in [2.45, 2.75) is 38.3 Å². The second-order valence-electron chi connectivity index (χ2n) is 5.08. The number of aryl methyl sites for hydroxylation is 2. The van der Waals surface area contributed by atoms with E-state index in [1.165, 1.54) is 20.8 Å². The van der Waals surface area contributed by atoms with E-state index in [-0.39, 0.29) is 22.9 Å². The molecule has 0 aliphatic heterocycles. The number of nitrogens with one attached hydrogen (secondary N) is 2. The molecule has 0 spiro atoms. The van der Waals surface area contributed by atoms with Crippen LogP contribution >= 0.6 is 0 Å². The number of amides is 1. The van der Waals surface area contributed by atoms with Crippen LogP contribution in [0.25, 0.3) is 0 Å². The average Bonchev–Trinajstić information content (AvgIpc) is 2.85. The lowest BCUT2D eigenvalue weighted by atomic mass is 10.2. The maximum atomic E-state index is 12.3. The van der Waals surface area contributed by atoms with Gasteiger partial charge in [-0.05, 0) is 32.4 Å². The third-order valence-electron chi connectivity index (χ3n) is 3.15. The molecule has 0 aliphatic carbocycles. The van der Waals surface area contributed by atoms with E-state index in [9.17, 15) is 13.2 Å². The van der Waals surface area contributed by atoms with Crippen LogP contribution in [0.1, 0.15) is 23.9 Å². The summed E-state index contributed by atoms with van der Waals surface area (Å²) in [5, 5.41) is 6.26. The van der Waals surface area contributed by atoms with Crippen LogP contribution in [-0.4, -0.2) is 30.5 Å². The first-order valence-electron chi connectivity index (χ1n) is 6.93. The Balaban J connectivity index is 2.00. The third kappa shape index (κ3) is 4.14. The van der Waals surface area contributed by atoms with Gasteiger partial charge in [0.25, 0.3) is 0 Å². The van der Waals surface area contributed by atoms with Crippen LogP contribution in [0, 0.1) is 13.8 Å². The predicted octanol–water partition coefficient (Wildman–Crippen LogP) is 0.670. The van der Waals surface area contributed by atoms with Gasteiger partial charge >= 0.3 is 0 Å². The van der Waals surface area contributed by atoms with Crippen molar-refractivity contribution in [1.29, 1.82) is 0 Å². The highest BCUT2D eigenvalue weighted by Crippen LogP contribution is 2.18. The molecular formula is C14H18N4O4S. The molecule has 0 saturated heterocycles. The van der Waals surface area contributed by atoms with Crippen LogP contribution in [0.5, 0.6) is 0 Å². The molecule has 0 bridgehead atoms. The minimum Gasteiger partial charge on any atom is -0.360 e. The molecule has 2 heterocycles. The van der Waals surface area contributed by atoms with Gasteiger partial charge in [0.15, 0.2) is 5.76 Å². The number of sulfonamides is 1. The maximum absolute atomic E-state index is 12.3. The van der Waals surface area contributed by atoms with Crippen molar-refractivity contribution in [3.8, 4) is 0 Å². The van der Waals surface area contributed by atoms with Gasteiger partial charge < -0.3 is 9.84 Å². The van der Waals surface area contributed by atoms with E-state index in [0.29, 0.717) is 0 Å². The summed E-state index contributed by atoms with van der Waals surface area (Å²) in [6.45, 7) is 4.76. The largest absolute Gasteiger partial charge is 0.360 e. The first-order chi connectivity index (χ1) is 10.8. The Morgan fingerprint density at radius 2 is 2.13 bits per heavy atom. The lowest BCUT2D eigenvalue weighted by Gasteiger charge is -2.14. The number of hydrogen-bond acceptors (Lipinski definition) is 6. The standard InChI is InChI=1S/C14H18N4O4S/c1-9-13(11(3)22-17-9)23(20,21)18-10(2)14(19)16-8-12-5-4-6-15-7-12/h4-7,10,18H,8H2,1-3H3,(H,16,19)/t10-/m0/s1. The van der Waals surface area contributed by atoms with E-state index in [1.807, 2.05) is 6.07 Å². The second-order valence-corrected chi connectivity index (χ2v) is 6.73. The fourth-order valence-electron chi connectivity index (χ4n) is 2.05. The summed E-state index contributed by atoms with van der Waals surface area (Å²) >= 11 is 0. The molecule has 0 saturated carbocycles. The van der Waals surface area contributed by atoms with Crippen molar-refractivity contribution < 1.29 is 17.7 Å². The Hall–Kier alpha value is -2.26. The Morgan fingerprint density at radius 3 is 2.70 bits per heavy atom. The van der Waals surface area contributed by atoms with E-state index in [4.69, 9.17) is 4.52 Å². The van der Waals surface area contributed by atoms with E-state index in [0.717, 1.165) is 5.56 Å². The number of nitrogens with zero attached hydrogens (tertiary/aromatic N) is 2. The number of hydrogen-bond donors (Lipinski definition) is 2. The van der Waals surface area contributed by atoms with Crippen LogP contribution in [-0.2, 0) is 21.4 Å². The molecule has 9 heteroatoms. The molecule has 23 heavy (non-hydrogen) atoms. The molecule has 1 amide bonds. The molecule has 2 aromatic rings. The van der Waals surface area contributed by atoms with Gasteiger partial charge in [0.1, 0.15) is 10.6 Å². The summed E-state index contributed by atoms with van der Waals surface area (Å²) in [7, 11) is -3.88. The summed E-state index contributed by atoms with van der Waals surface area (Å²) < 4.78 is 31.8. The average molecular weight is 338 g/mol. The number of pyridine rings is 1. The van der Waals surface area contributed by atoms with Crippen molar-refractivity contribution in [2.24, 2.45) is 0 Å². The Labute approximate surface area is 134 Å². The topological polar surface area (TPSA) is 114 Å². The smallest absolute Gasteiger partial charge is 0.246 e. The van der Waals surface area contributed by atoms with Gasteiger partial charge in [0.05, 0.1) is 6.04 Å². The van der Waals surface area contributed by atoms with Gasteiger partial charge in [-0.25, -0.2) is 8.42 Å². The molecule has 0 unspecified atom stereocenters. The monoisotopic (exact) mass is 338 g/mol. The molecule has 0 aliphatic rings. The fraction of sp³-hybridized carbons (Fsp3) is 0.357. The van der Waals surface area contributed by atoms with Crippen molar-refractivity contribution in [3.05, 3.63) is 41.5 Å². The SMILES string of the molecule is Cc1noc(C)c1S(=O)(=O)N[C@@H](C)C(=O)NCc1cccnc1. The molecule has 2 aromatic heterocycles. The molecule has 1 atom stereocenters. The van der Waals surface area contributed by atoms with Crippen LogP contribution in [0.2, 0.25) is 0 Å². The third-order valence-corrected chi connectivity index (χ3v) is 4.94. The van der Waals surface area contributed by atoms with Crippen molar-refractivity contribution >= 4 is 15.9 Å². The lowest BCUT2D eigenvalue weighted by molar-refractivity contribution is -0.122. The zero-order valence-corrected chi connectivity index (χ0v) is 13.8.